The van der Waals surface area contributed by atoms with E-state index in [9.17, 15) is 9.90 Å². The maximum Gasteiger partial charge on any atom is 0.255 e. The van der Waals surface area contributed by atoms with E-state index in [1.807, 2.05) is 24.3 Å². The van der Waals surface area contributed by atoms with Gasteiger partial charge in [-0.3, -0.25) is 4.79 Å². The van der Waals surface area contributed by atoms with Gasteiger partial charge in [-0.25, -0.2) is 0 Å². The van der Waals surface area contributed by atoms with Crippen LogP contribution in [-0.2, 0) is 11.3 Å². The van der Waals surface area contributed by atoms with Crippen molar-refractivity contribution in [3.63, 3.8) is 0 Å². The average Bonchev–Trinajstić information content (AvgIpc) is 2.44. The fraction of sp³-hybridized carbons (Fsp3) is 0.188. The Bertz CT molecular complexity index is 623. The molecule has 0 aliphatic heterocycles. The van der Waals surface area contributed by atoms with E-state index in [0.717, 1.165) is 11.1 Å². The molecule has 0 aliphatic carbocycles. The minimum absolute atomic E-state index is 0.114. The molecule has 0 unspecified atom stereocenters. The number of hydrogen-bond acceptors (Lipinski definition) is 3. The van der Waals surface area contributed by atoms with Gasteiger partial charge < -0.3 is 15.2 Å². The second-order valence-electron chi connectivity index (χ2n) is 4.55. The van der Waals surface area contributed by atoms with Gasteiger partial charge in [0.25, 0.3) is 5.91 Å². The summed E-state index contributed by atoms with van der Waals surface area (Å²) in [6, 6.07) is 12.3. The molecular weight excluding hydrogens is 254 g/mol. The number of carbonyl (C=O) groups excluding carboxylic acids is 1. The Morgan fingerprint density at radius 3 is 2.70 bits per heavy atom. The second kappa shape index (κ2) is 6.21. The van der Waals surface area contributed by atoms with Crippen LogP contribution in [0.2, 0.25) is 0 Å². The molecule has 2 aromatic carbocycles. The second-order valence-corrected chi connectivity index (χ2v) is 4.55. The Kier molecular flexibility index (Phi) is 4.38. The van der Waals surface area contributed by atoms with Gasteiger partial charge in [0.1, 0.15) is 5.75 Å². The van der Waals surface area contributed by atoms with Gasteiger partial charge in [-0.2, -0.15) is 0 Å². The van der Waals surface area contributed by atoms with Crippen LogP contribution in [0, 0.1) is 6.92 Å². The van der Waals surface area contributed by atoms with Crippen LogP contribution in [0.4, 0.5) is 5.69 Å². The lowest BCUT2D eigenvalue weighted by Crippen LogP contribution is -2.13. The van der Waals surface area contributed by atoms with Crippen molar-refractivity contribution in [2.45, 2.75) is 13.5 Å². The molecule has 2 rings (SSSR count). The van der Waals surface area contributed by atoms with E-state index in [0.29, 0.717) is 17.9 Å². The van der Waals surface area contributed by atoms with E-state index in [2.05, 4.69) is 5.32 Å². The fourth-order valence-electron chi connectivity index (χ4n) is 1.87. The van der Waals surface area contributed by atoms with Crippen molar-refractivity contribution in [3.05, 3.63) is 59.2 Å². The van der Waals surface area contributed by atoms with Gasteiger partial charge in [-0.1, -0.05) is 24.3 Å². The molecule has 0 bridgehead atoms. The third-order valence-corrected chi connectivity index (χ3v) is 3.04. The number of carbonyl (C=O) groups is 1. The summed E-state index contributed by atoms with van der Waals surface area (Å²) in [5, 5.41) is 12.5. The number of methoxy groups -OCH3 is 1. The number of aromatic hydroxyl groups is 1. The van der Waals surface area contributed by atoms with Crippen LogP contribution in [-0.4, -0.2) is 18.1 Å². The summed E-state index contributed by atoms with van der Waals surface area (Å²) >= 11 is 0. The van der Waals surface area contributed by atoms with Crippen LogP contribution < -0.4 is 5.32 Å². The molecule has 4 nitrogen and oxygen atoms in total. The molecule has 0 atom stereocenters. The first-order valence-corrected chi connectivity index (χ1v) is 6.29. The zero-order chi connectivity index (χ0) is 14.5. The van der Waals surface area contributed by atoms with E-state index >= 15 is 0 Å². The van der Waals surface area contributed by atoms with Crippen LogP contribution in [0.1, 0.15) is 21.5 Å². The van der Waals surface area contributed by atoms with Crippen LogP contribution in [0.15, 0.2) is 42.5 Å². The summed E-state index contributed by atoms with van der Waals surface area (Å²) in [7, 11) is 1.61. The first kappa shape index (κ1) is 14.1. The molecule has 0 saturated carbocycles. The van der Waals surface area contributed by atoms with Crippen LogP contribution in [0.25, 0.3) is 0 Å². The summed E-state index contributed by atoms with van der Waals surface area (Å²) in [4.78, 5) is 12.2. The van der Waals surface area contributed by atoms with Crippen LogP contribution in [0.3, 0.4) is 0 Å². The number of para-hydroxylation sites is 1. The minimum atomic E-state index is -0.260. The summed E-state index contributed by atoms with van der Waals surface area (Å²) in [5.74, 6) is -0.147. The van der Waals surface area contributed by atoms with Crippen molar-refractivity contribution >= 4 is 11.6 Å². The molecule has 0 radical (unpaired) electrons. The summed E-state index contributed by atoms with van der Waals surface area (Å²) in [6.07, 6.45) is 0. The lowest BCUT2D eigenvalue weighted by molar-refractivity contribution is 0.102. The number of phenolic OH excluding ortho intramolecular Hbond substituents is 1. The topological polar surface area (TPSA) is 58.6 Å². The monoisotopic (exact) mass is 271 g/mol. The molecule has 0 spiro atoms. The number of amides is 1. The Hall–Kier alpha value is -2.33. The molecule has 4 heteroatoms. The molecule has 104 valence electrons. The highest BCUT2D eigenvalue weighted by atomic mass is 16.5. The first-order valence-electron chi connectivity index (χ1n) is 6.29. The van der Waals surface area contributed by atoms with Gasteiger partial charge in [0.15, 0.2) is 0 Å². The molecule has 2 aromatic rings. The summed E-state index contributed by atoms with van der Waals surface area (Å²) < 4.78 is 5.10. The van der Waals surface area contributed by atoms with Crippen molar-refractivity contribution in [2.24, 2.45) is 0 Å². The molecule has 1 amide bonds. The van der Waals surface area contributed by atoms with Crippen LogP contribution >= 0.6 is 0 Å². The molecule has 0 saturated heterocycles. The van der Waals surface area contributed by atoms with Crippen molar-refractivity contribution in [1.82, 2.24) is 0 Å². The van der Waals surface area contributed by atoms with E-state index < -0.39 is 0 Å². The number of aryl methyl sites for hydroxylation is 1. The molecular formula is C16H17NO3. The quantitative estimate of drug-likeness (QED) is 0.898. The number of anilines is 1. The number of ether oxygens (including phenoxy) is 1. The van der Waals surface area contributed by atoms with Gasteiger partial charge in [0, 0.05) is 23.9 Å². The zero-order valence-corrected chi connectivity index (χ0v) is 11.5. The van der Waals surface area contributed by atoms with Gasteiger partial charge in [0.05, 0.1) is 6.61 Å². The molecule has 0 fully saturated rings. The normalized spacial score (nSPS) is 10.3. The molecule has 20 heavy (non-hydrogen) atoms. The summed E-state index contributed by atoms with van der Waals surface area (Å²) in [5.41, 5.74) is 2.76. The Balaban J connectivity index is 2.21. The number of hydrogen-bond donors (Lipinski definition) is 2. The third kappa shape index (κ3) is 3.16. The Labute approximate surface area is 118 Å². The SMILES string of the molecule is COCc1ccccc1NC(=O)c1ccc(C)c(O)c1. The molecule has 0 aliphatic rings. The number of rotatable bonds is 4. The van der Waals surface area contributed by atoms with Crippen molar-refractivity contribution in [2.75, 3.05) is 12.4 Å². The number of phenols is 1. The maximum absolute atomic E-state index is 12.2. The highest BCUT2D eigenvalue weighted by Gasteiger charge is 2.10. The minimum Gasteiger partial charge on any atom is -0.508 e. The highest BCUT2D eigenvalue weighted by molar-refractivity contribution is 6.04. The van der Waals surface area contributed by atoms with E-state index in [1.165, 1.54) is 6.07 Å². The molecule has 0 aromatic heterocycles. The predicted octanol–water partition coefficient (Wildman–Crippen LogP) is 3.10. The maximum atomic E-state index is 12.2. The summed E-state index contributed by atoms with van der Waals surface area (Å²) in [6.45, 7) is 2.21. The molecule has 0 heterocycles. The zero-order valence-electron chi connectivity index (χ0n) is 11.5. The number of nitrogens with one attached hydrogen (secondary N) is 1. The Morgan fingerprint density at radius 2 is 2.00 bits per heavy atom. The fourth-order valence-corrected chi connectivity index (χ4v) is 1.87. The van der Waals surface area contributed by atoms with E-state index in [-0.39, 0.29) is 11.7 Å². The lowest BCUT2D eigenvalue weighted by atomic mass is 10.1. The van der Waals surface area contributed by atoms with Crippen molar-refractivity contribution < 1.29 is 14.6 Å². The van der Waals surface area contributed by atoms with Gasteiger partial charge in [-0.05, 0) is 30.7 Å². The van der Waals surface area contributed by atoms with Gasteiger partial charge in [-0.15, -0.1) is 0 Å². The standard InChI is InChI=1S/C16H17NO3/c1-11-7-8-12(9-15(11)18)16(19)17-14-6-4-3-5-13(14)10-20-2/h3-9,18H,10H2,1-2H3,(H,17,19). The van der Waals surface area contributed by atoms with Crippen molar-refractivity contribution in [3.8, 4) is 5.75 Å². The van der Waals surface area contributed by atoms with Crippen LogP contribution in [0.5, 0.6) is 5.75 Å². The number of benzene rings is 2. The Morgan fingerprint density at radius 1 is 1.25 bits per heavy atom. The van der Waals surface area contributed by atoms with Gasteiger partial charge >= 0.3 is 0 Å². The van der Waals surface area contributed by atoms with Crippen molar-refractivity contribution in [1.29, 1.82) is 0 Å². The third-order valence-electron chi connectivity index (χ3n) is 3.04. The largest absolute Gasteiger partial charge is 0.508 e. The predicted molar refractivity (Wildman–Crippen MR) is 78.0 cm³/mol. The van der Waals surface area contributed by atoms with E-state index in [1.54, 1.807) is 26.2 Å². The van der Waals surface area contributed by atoms with Gasteiger partial charge in [0.2, 0.25) is 0 Å². The average molecular weight is 271 g/mol. The van der Waals surface area contributed by atoms with E-state index in [4.69, 9.17) is 4.74 Å². The first-order chi connectivity index (χ1) is 9.61. The highest BCUT2D eigenvalue weighted by Crippen LogP contribution is 2.20. The molecule has 2 N–H and O–H groups in total. The smallest absolute Gasteiger partial charge is 0.255 e. The lowest BCUT2D eigenvalue weighted by Gasteiger charge is -2.11.